The summed E-state index contributed by atoms with van der Waals surface area (Å²) in [6, 6.07) is 11.7. The lowest BCUT2D eigenvalue weighted by atomic mass is 10.0. The molecule has 2 aromatic rings. The van der Waals surface area contributed by atoms with Gasteiger partial charge in [-0.25, -0.2) is 17.9 Å². The van der Waals surface area contributed by atoms with E-state index in [1.165, 1.54) is 26.1 Å². The minimum atomic E-state index is -3.53. The number of fused-ring (bicyclic) bond motifs is 1. The van der Waals surface area contributed by atoms with E-state index in [4.69, 9.17) is 4.74 Å². The van der Waals surface area contributed by atoms with E-state index in [0.717, 1.165) is 11.1 Å². The van der Waals surface area contributed by atoms with Gasteiger partial charge in [0.2, 0.25) is 15.9 Å². The van der Waals surface area contributed by atoms with Crippen molar-refractivity contribution in [2.24, 2.45) is 0 Å². The molecular weight excluding hydrogens is 418 g/mol. The Bertz CT molecular complexity index is 1100. The second-order valence-electron chi connectivity index (χ2n) is 7.72. The largest absolute Gasteiger partial charge is 0.446 e. The molecule has 3 rings (SSSR count). The molecule has 0 spiro atoms. The van der Waals surface area contributed by atoms with E-state index in [1.54, 1.807) is 41.8 Å². The van der Waals surface area contributed by atoms with Crippen LogP contribution in [0.1, 0.15) is 27.7 Å². The predicted molar refractivity (Wildman–Crippen MR) is 120 cm³/mol. The molecule has 1 aliphatic heterocycles. The van der Waals surface area contributed by atoms with Crippen molar-refractivity contribution >= 4 is 33.4 Å². The summed E-state index contributed by atoms with van der Waals surface area (Å²) in [4.78, 5) is 28.4. The van der Waals surface area contributed by atoms with Crippen LogP contribution >= 0.6 is 0 Å². The molecule has 0 fully saturated rings. The lowest BCUT2D eigenvalue weighted by Gasteiger charge is -2.40. The van der Waals surface area contributed by atoms with Gasteiger partial charge < -0.3 is 9.64 Å². The summed E-state index contributed by atoms with van der Waals surface area (Å²) in [5.41, 5.74) is 2.77. The van der Waals surface area contributed by atoms with Crippen LogP contribution in [-0.4, -0.2) is 46.2 Å². The average Bonchev–Trinajstić information content (AvgIpc) is 2.72. The monoisotopic (exact) mass is 445 g/mol. The third-order valence-corrected chi connectivity index (χ3v) is 6.51. The van der Waals surface area contributed by atoms with Gasteiger partial charge in [-0.05, 0) is 63.2 Å². The van der Waals surface area contributed by atoms with Crippen LogP contribution in [0.15, 0.2) is 47.4 Å². The van der Waals surface area contributed by atoms with Gasteiger partial charge in [0.25, 0.3) is 0 Å². The van der Waals surface area contributed by atoms with Crippen LogP contribution in [0.5, 0.6) is 0 Å². The number of hydrogen-bond donors (Lipinski definition) is 1. The van der Waals surface area contributed by atoms with Crippen LogP contribution in [0.3, 0.4) is 0 Å². The minimum Gasteiger partial charge on any atom is -0.446 e. The summed E-state index contributed by atoms with van der Waals surface area (Å²) in [6.45, 7) is 7.25. The number of rotatable bonds is 4. The Hall–Kier alpha value is -2.91. The molecule has 2 amide bonds. The van der Waals surface area contributed by atoms with E-state index in [1.807, 2.05) is 19.1 Å². The van der Waals surface area contributed by atoms with Gasteiger partial charge in [-0.3, -0.25) is 9.69 Å². The van der Waals surface area contributed by atoms with Crippen molar-refractivity contribution in [3.8, 4) is 11.1 Å². The van der Waals surface area contributed by atoms with Crippen LogP contribution in [-0.2, 0) is 19.6 Å². The zero-order valence-corrected chi connectivity index (χ0v) is 19.1. The zero-order valence-electron chi connectivity index (χ0n) is 18.2. The van der Waals surface area contributed by atoms with Crippen molar-refractivity contribution in [1.82, 2.24) is 4.72 Å². The van der Waals surface area contributed by atoms with Gasteiger partial charge >= 0.3 is 6.09 Å². The molecule has 9 heteroatoms. The van der Waals surface area contributed by atoms with Gasteiger partial charge in [-0.15, -0.1) is 0 Å². The molecule has 0 aliphatic carbocycles. The number of sulfonamides is 1. The fourth-order valence-corrected chi connectivity index (χ4v) is 4.40. The summed E-state index contributed by atoms with van der Waals surface area (Å²) in [7, 11) is -2.17. The van der Waals surface area contributed by atoms with Crippen molar-refractivity contribution in [2.75, 3.05) is 23.4 Å². The van der Waals surface area contributed by atoms with Crippen molar-refractivity contribution in [1.29, 1.82) is 0 Å². The fraction of sp³-hybridized carbons (Fsp3) is 0.364. The first-order valence-electron chi connectivity index (χ1n) is 10.0. The smallest absolute Gasteiger partial charge is 0.414 e. The number of ether oxygens (including phenoxy) is 1. The van der Waals surface area contributed by atoms with Crippen LogP contribution < -0.4 is 14.5 Å². The van der Waals surface area contributed by atoms with Gasteiger partial charge in [-0.2, -0.15) is 0 Å². The van der Waals surface area contributed by atoms with Gasteiger partial charge in [0.15, 0.2) is 0 Å². The normalized spacial score (nSPS) is 16.3. The van der Waals surface area contributed by atoms with Crippen molar-refractivity contribution in [2.45, 2.75) is 44.7 Å². The van der Waals surface area contributed by atoms with Crippen LogP contribution in [0.2, 0.25) is 0 Å². The number of hydrogen-bond acceptors (Lipinski definition) is 5. The Morgan fingerprint density at radius 2 is 1.68 bits per heavy atom. The Balaban J connectivity index is 2.07. The molecule has 1 atom stereocenters. The number of anilines is 2. The highest BCUT2D eigenvalue weighted by Gasteiger charge is 2.34. The summed E-state index contributed by atoms with van der Waals surface area (Å²) in [5.74, 6) is -0.111. The van der Waals surface area contributed by atoms with Crippen molar-refractivity contribution in [3.63, 3.8) is 0 Å². The van der Waals surface area contributed by atoms with Gasteiger partial charge in [-0.1, -0.05) is 18.2 Å². The number of carbonyl (C=O) groups is 2. The minimum absolute atomic E-state index is 0.111. The highest BCUT2D eigenvalue weighted by molar-refractivity contribution is 7.89. The quantitative estimate of drug-likeness (QED) is 0.778. The average molecular weight is 446 g/mol. The summed E-state index contributed by atoms with van der Waals surface area (Å²) < 4.78 is 31.6. The maximum absolute atomic E-state index is 12.8. The van der Waals surface area contributed by atoms with Gasteiger partial charge in [0, 0.05) is 13.5 Å². The number of benzene rings is 2. The first kappa shape index (κ1) is 22.8. The third kappa shape index (κ3) is 4.57. The lowest BCUT2D eigenvalue weighted by Crippen LogP contribution is -2.51. The van der Waals surface area contributed by atoms with Crippen molar-refractivity contribution < 1.29 is 22.7 Å². The highest BCUT2D eigenvalue weighted by atomic mass is 32.2. The predicted octanol–water partition coefficient (Wildman–Crippen LogP) is 3.37. The molecule has 1 N–H and O–H groups in total. The molecule has 0 bridgehead atoms. The first-order valence-corrected chi connectivity index (χ1v) is 11.5. The standard InChI is InChI=1S/C22H27N3O5S/c1-14(2)30-22(27)24-13-15(3)25(16(4)26)20-11-8-18(12-21(20)24)17-6-9-19(10-7-17)31(28,29)23-5/h6-12,14-15,23H,13H2,1-5H3. The zero-order chi connectivity index (χ0) is 22.9. The molecule has 8 nitrogen and oxygen atoms in total. The lowest BCUT2D eigenvalue weighted by molar-refractivity contribution is -0.117. The molecule has 1 unspecified atom stereocenters. The van der Waals surface area contributed by atoms with E-state index >= 15 is 0 Å². The summed E-state index contributed by atoms with van der Waals surface area (Å²) in [6.07, 6.45) is -0.749. The second kappa shape index (κ2) is 8.68. The number of nitrogens with zero attached hydrogens (tertiary/aromatic N) is 2. The summed E-state index contributed by atoms with van der Waals surface area (Å²) in [5, 5.41) is 0. The van der Waals surface area contributed by atoms with E-state index < -0.39 is 16.1 Å². The molecule has 31 heavy (non-hydrogen) atoms. The molecule has 1 heterocycles. The highest BCUT2D eigenvalue weighted by Crippen LogP contribution is 2.39. The van der Waals surface area contributed by atoms with E-state index in [2.05, 4.69) is 4.72 Å². The molecule has 0 radical (unpaired) electrons. The number of nitrogens with one attached hydrogen (secondary N) is 1. The van der Waals surface area contributed by atoms with Crippen LogP contribution in [0.25, 0.3) is 11.1 Å². The molecule has 1 aliphatic rings. The van der Waals surface area contributed by atoms with Crippen LogP contribution in [0, 0.1) is 0 Å². The molecule has 0 aromatic heterocycles. The maximum Gasteiger partial charge on any atom is 0.414 e. The van der Waals surface area contributed by atoms with E-state index in [9.17, 15) is 18.0 Å². The Kier molecular flexibility index (Phi) is 6.38. The third-order valence-electron chi connectivity index (χ3n) is 5.08. The molecule has 0 saturated carbocycles. The van der Waals surface area contributed by atoms with Gasteiger partial charge in [0.1, 0.15) is 0 Å². The Morgan fingerprint density at radius 3 is 2.23 bits per heavy atom. The fourth-order valence-electron chi connectivity index (χ4n) is 3.67. The molecule has 2 aromatic carbocycles. The topological polar surface area (TPSA) is 96.0 Å². The summed E-state index contributed by atoms with van der Waals surface area (Å²) >= 11 is 0. The Labute approximate surface area is 182 Å². The SMILES string of the molecule is CNS(=O)(=O)c1ccc(-c2ccc3c(c2)N(C(=O)OC(C)C)CC(C)N3C(C)=O)cc1. The van der Waals surface area contributed by atoms with Crippen molar-refractivity contribution in [3.05, 3.63) is 42.5 Å². The molecular formula is C22H27N3O5S. The molecule has 166 valence electrons. The second-order valence-corrected chi connectivity index (χ2v) is 9.60. The van der Waals surface area contributed by atoms with Crippen LogP contribution in [0.4, 0.5) is 16.2 Å². The number of carbonyl (C=O) groups excluding carboxylic acids is 2. The van der Waals surface area contributed by atoms with E-state index in [0.29, 0.717) is 17.9 Å². The maximum atomic E-state index is 12.8. The first-order chi connectivity index (χ1) is 14.5. The van der Waals surface area contributed by atoms with Gasteiger partial charge in [0.05, 0.1) is 28.4 Å². The Morgan fingerprint density at radius 1 is 1.06 bits per heavy atom. The van der Waals surface area contributed by atoms with E-state index in [-0.39, 0.29) is 22.9 Å². The molecule has 0 saturated heterocycles. The number of amides is 2.